The minimum absolute atomic E-state index is 0.0670. The molecule has 3 aliphatic rings. The summed E-state index contributed by atoms with van der Waals surface area (Å²) in [6, 6.07) is 22.8. The Morgan fingerprint density at radius 3 is 2.11 bits per heavy atom. The van der Waals surface area contributed by atoms with Gasteiger partial charge in [-0.15, -0.1) is 0 Å². The fourth-order valence-electron chi connectivity index (χ4n) is 8.86. The van der Waals surface area contributed by atoms with E-state index in [0.717, 1.165) is 106 Å². The number of thioether (sulfide) groups is 1. The van der Waals surface area contributed by atoms with Crippen LogP contribution in [-0.2, 0) is 23.8 Å². The van der Waals surface area contributed by atoms with Crippen molar-refractivity contribution < 1.29 is 56.8 Å². The number of ether oxygens (including phenoxy) is 6. The molecule has 1 N–H and O–H groups in total. The molecule has 14 nitrogen and oxygen atoms in total. The monoisotopic (exact) mass is 1020 g/mol. The number of nitrogens with one attached hydrogen (secondary N) is 1. The molecular formula is C57H66FN3O11S. The van der Waals surface area contributed by atoms with Gasteiger partial charge in [0.15, 0.2) is 5.50 Å². The van der Waals surface area contributed by atoms with Gasteiger partial charge in [-0.3, -0.25) is 9.80 Å². The first-order valence-electron chi connectivity index (χ1n) is 25.7. The highest BCUT2D eigenvalue weighted by Crippen LogP contribution is 2.40. The number of hydrogen-bond donors (Lipinski definition) is 1. The van der Waals surface area contributed by atoms with Crippen LogP contribution in [0.1, 0.15) is 153 Å². The lowest BCUT2D eigenvalue weighted by atomic mass is 9.87. The molecule has 73 heavy (non-hydrogen) atoms. The van der Waals surface area contributed by atoms with Gasteiger partial charge in [-0.2, -0.15) is 5.10 Å². The summed E-state index contributed by atoms with van der Waals surface area (Å²) in [5.74, 6) is -3.73. The number of halogens is 1. The number of nitrogens with zero attached hydrogens (tertiary/aromatic N) is 2. The van der Waals surface area contributed by atoms with E-state index in [1.807, 2.05) is 23.2 Å². The molecule has 7 rings (SSSR count). The molecule has 0 amide bonds. The van der Waals surface area contributed by atoms with Crippen molar-refractivity contribution in [1.82, 2.24) is 5.01 Å². The van der Waals surface area contributed by atoms with Crippen molar-refractivity contribution in [2.45, 2.75) is 139 Å². The SMILES string of the molecule is C=CC(=O)OCCCCCCOc1ccc(C(=O)O[C@H]2CC[C@@H](C(=O)Oc3ccc(C(=O)Oc4ccc(C(=O)OC5CCCCC5)c(/C=N/N(CCCCCC)C5Nc6ccccc6S5)c4)c(F)c3)CC2)cc1. The number of carbonyl (C=O) groups excluding carboxylic acids is 5. The number of carbonyl (C=O) groups is 5. The largest absolute Gasteiger partial charge is 0.494 e. The van der Waals surface area contributed by atoms with Gasteiger partial charge in [-0.05, 0) is 150 Å². The number of unbranched alkanes of at least 4 members (excludes halogenated alkanes) is 6. The van der Waals surface area contributed by atoms with Crippen molar-refractivity contribution >= 4 is 53.5 Å². The Hall–Kier alpha value is -6.68. The van der Waals surface area contributed by atoms with Crippen molar-refractivity contribution in [2.24, 2.45) is 11.0 Å². The Bertz CT molecular complexity index is 2520. The fraction of sp³-hybridized carbons (Fsp3) is 0.439. The number of anilines is 1. The third-order valence-corrected chi connectivity index (χ3v) is 14.2. The van der Waals surface area contributed by atoms with E-state index >= 15 is 4.39 Å². The van der Waals surface area contributed by atoms with Gasteiger partial charge in [0, 0.05) is 29.1 Å². The molecule has 4 aromatic rings. The molecule has 1 atom stereocenters. The molecule has 16 heteroatoms. The zero-order valence-corrected chi connectivity index (χ0v) is 42.4. The number of hydrogen-bond acceptors (Lipinski definition) is 15. The van der Waals surface area contributed by atoms with Crippen LogP contribution in [0.25, 0.3) is 0 Å². The van der Waals surface area contributed by atoms with Gasteiger partial charge in [0.25, 0.3) is 0 Å². The smallest absolute Gasteiger partial charge is 0.346 e. The molecule has 0 bridgehead atoms. The Labute approximate surface area is 431 Å². The fourth-order valence-corrected chi connectivity index (χ4v) is 9.98. The average Bonchev–Trinajstić information content (AvgIpc) is 3.84. The molecule has 1 unspecified atom stereocenters. The van der Waals surface area contributed by atoms with Crippen molar-refractivity contribution in [3.05, 3.63) is 126 Å². The van der Waals surface area contributed by atoms with Gasteiger partial charge >= 0.3 is 29.8 Å². The average molecular weight is 1020 g/mol. The number of para-hydroxylation sites is 1. The zero-order valence-electron chi connectivity index (χ0n) is 41.6. The van der Waals surface area contributed by atoms with Gasteiger partial charge in [-0.1, -0.05) is 63.1 Å². The number of hydrazone groups is 1. The second kappa shape index (κ2) is 28.0. The van der Waals surface area contributed by atoms with E-state index in [2.05, 4.69) is 24.9 Å². The van der Waals surface area contributed by atoms with E-state index in [1.54, 1.807) is 42.2 Å². The maximum Gasteiger partial charge on any atom is 0.346 e. The van der Waals surface area contributed by atoms with Gasteiger partial charge < -0.3 is 33.7 Å². The molecule has 1 aliphatic heterocycles. The zero-order chi connectivity index (χ0) is 51.4. The molecule has 0 aromatic heterocycles. The topological polar surface area (TPSA) is 168 Å². The molecule has 388 valence electrons. The van der Waals surface area contributed by atoms with Crippen molar-refractivity contribution in [3.63, 3.8) is 0 Å². The molecule has 1 heterocycles. The molecular weight excluding hydrogens is 954 g/mol. The van der Waals surface area contributed by atoms with Crippen LogP contribution in [0.15, 0.2) is 108 Å². The second-order valence-corrected chi connectivity index (χ2v) is 19.6. The Morgan fingerprint density at radius 2 is 1.38 bits per heavy atom. The second-order valence-electron chi connectivity index (χ2n) is 18.5. The van der Waals surface area contributed by atoms with E-state index in [0.29, 0.717) is 62.3 Å². The third-order valence-electron chi connectivity index (χ3n) is 13.0. The van der Waals surface area contributed by atoms with Crippen molar-refractivity contribution in [1.29, 1.82) is 0 Å². The van der Waals surface area contributed by atoms with Crippen LogP contribution in [-0.4, -0.2) is 78.5 Å². The molecule has 2 aliphatic carbocycles. The van der Waals surface area contributed by atoms with E-state index in [1.165, 1.54) is 30.3 Å². The van der Waals surface area contributed by atoms with Gasteiger partial charge in [0.05, 0.1) is 47.7 Å². The standard InChI is InChI=1S/C57H66FN3O11S/c1-3-5-6-14-33-61(57-60-50-19-12-13-20-51(50)73-57)59-38-41-36-45(29-31-47(41)55(65)70-43-17-10-9-11-18-43)72-56(66)48-32-30-46(37-49(48)58)71-54(64)40-23-27-44(28-24-40)69-53(63)39-21-25-42(26-22-39)67-34-15-7-8-16-35-68-52(62)4-2/h4,12-13,19-22,25-26,29-32,36-38,40,43-44,57,60H,2-3,5-11,14-18,23-24,27-28,33-35H2,1H3/b59-38+/t40-,44+,57?. The highest BCUT2D eigenvalue weighted by Gasteiger charge is 2.31. The summed E-state index contributed by atoms with van der Waals surface area (Å²) in [5.41, 5.74) is 1.47. The summed E-state index contributed by atoms with van der Waals surface area (Å²) in [7, 11) is 0. The summed E-state index contributed by atoms with van der Waals surface area (Å²) in [4.78, 5) is 65.5. The van der Waals surface area contributed by atoms with Crippen LogP contribution < -0.4 is 19.5 Å². The van der Waals surface area contributed by atoms with E-state index < -0.39 is 41.6 Å². The summed E-state index contributed by atoms with van der Waals surface area (Å²) in [6.07, 6.45) is 16.1. The minimum Gasteiger partial charge on any atom is -0.494 e. The van der Waals surface area contributed by atoms with Crippen LogP contribution >= 0.6 is 11.8 Å². The van der Waals surface area contributed by atoms with E-state index in [-0.39, 0.29) is 40.3 Å². The first-order chi connectivity index (χ1) is 35.6. The number of benzene rings is 4. The van der Waals surface area contributed by atoms with Crippen LogP contribution in [0.4, 0.5) is 10.1 Å². The first-order valence-corrected chi connectivity index (χ1v) is 26.6. The number of esters is 5. The maximum atomic E-state index is 15.6. The molecule has 0 spiro atoms. The Kier molecular flexibility index (Phi) is 20.7. The Balaban J connectivity index is 0.905. The third kappa shape index (κ3) is 16.4. The summed E-state index contributed by atoms with van der Waals surface area (Å²) in [6.45, 7) is 7.08. The van der Waals surface area contributed by atoms with Crippen molar-refractivity contribution in [3.8, 4) is 17.2 Å². The highest BCUT2D eigenvalue weighted by atomic mass is 32.2. The minimum atomic E-state index is -0.986. The summed E-state index contributed by atoms with van der Waals surface area (Å²) < 4.78 is 49.3. The molecule has 4 aromatic carbocycles. The van der Waals surface area contributed by atoms with Crippen LogP contribution in [0.2, 0.25) is 0 Å². The Morgan fingerprint density at radius 1 is 0.712 bits per heavy atom. The molecule has 2 saturated carbocycles. The maximum absolute atomic E-state index is 15.6. The quantitative estimate of drug-likeness (QED) is 0.0127. The van der Waals surface area contributed by atoms with Crippen LogP contribution in [0.3, 0.4) is 0 Å². The molecule has 0 radical (unpaired) electrons. The van der Waals surface area contributed by atoms with E-state index in [4.69, 9.17) is 33.5 Å². The van der Waals surface area contributed by atoms with Gasteiger partial charge in [0.2, 0.25) is 0 Å². The molecule has 0 saturated heterocycles. The lowest BCUT2D eigenvalue weighted by Gasteiger charge is -2.27. The molecule has 2 fully saturated rings. The van der Waals surface area contributed by atoms with Crippen LogP contribution in [0, 0.1) is 11.7 Å². The van der Waals surface area contributed by atoms with Crippen molar-refractivity contribution in [2.75, 3.05) is 25.1 Å². The first kappa shape index (κ1) is 54.1. The lowest BCUT2D eigenvalue weighted by molar-refractivity contribution is -0.141. The summed E-state index contributed by atoms with van der Waals surface area (Å²) >= 11 is 1.66. The number of fused-ring (bicyclic) bond motifs is 1. The van der Waals surface area contributed by atoms with Gasteiger partial charge in [-0.25, -0.2) is 23.6 Å². The number of rotatable bonds is 25. The van der Waals surface area contributed by atoms with E-state index in [9.17, 15) is 24.0 Å². The van der Waals surface area contributed by atoms with Crippen LogP contribution in [0.5, 0.6) is 17.2 Å². The van der Waals surface area contributed by atoms with Gasteiger partial charge in [0.1, 0.15) is 35.3 Å². The predicted molar refractivity (Wildman–Crippen MR) is 277 cm³/mol. The predicted octanol–water partition coefficient (Wildman–Crippen LogP) is 12.2. The summed E-state index contributed by atoms with van der Waals surface area (Å²) in [5, 5.41) is 10.4. The lowest BCUT2D eigenvalue weighted by Crippen LogP contribution is -2.33. The highest BCUT2D eigenvalue weighted by molar-refractivity contribution is 8.00. The normalized spacial score (nSPS) is 17.4.